The van der Waals surface area contributed by atoms with Gasteiger partial charge in [0.15, 0.2) is 5.76 Å². The van der Waals surface area contributed by atoms with Gasteiger partial charge in [0.05, 0.1) is 0 Å². The average molecular weight is 508 g/mol. The maximum absolute atomic E-state index is 13.2. The van der Waals surface area contributed by atoms with Gasteiger partial charge in [-0.3, -0.25) is 14.4 Å². The lowest BCUT2D eigenvalue weighted by Crippen LogP contribution is -2.62. The standard InChI is InChI=1S/C31H41NO5/c1-18-19-7-8-22-29(4,20(19)15-21(33)25(18)36)12-14-31(6)23-16-28(3,26(37)32-17-24(34)35)10-9-27(23,2)11-13-30(22,31)5/h7-8,15,23,36H,9-14,16-17H2,1-6H3,(H,32,37)(H,34,35)/t23-,27?,28-,29+,30-,31+/m1/s1. The molecule has 0 aliphatic heterocycles. The summed E-state index contributed by atoms with van der Waals surface area (Å²) >= 11 is 0. The summed E-state index contributed by atoms with van der Waals surface area (Å²) in [5.74, 6) is -1.31. The number of carboxylic acids is 1. The molecule has 6 nitrogen and oxygen atoms in total. The number of amides is 1. The van der Waals surface area contributed by atoms with Gasteiger partial charge in [-0.15, -0.1) is 0 Å². The molecule has 0 saturated heterocycles. The third-order valence-electron chi connectivity index (χ3n) is 11.8. The summed E-state index contributed by atoms with van der Waals surface area (Å²) in [7, 11) is 0. The molecule has 1 amide bonds. The number of hydrogen-bond acceptors (Lipinski definition) is 4. The number of aliphatic carboxylic acids is 1. The second-order valence-electron chi connectivity index (χ2n) is 13.7. The summed E-state index contributed by atoms with van der Waals surface area (Å²) in [5, 5.41) is 22.1. The van der Waals surface area contributed by atoms with Crippen molar-refractivity contribution < 1.29 is 24.6 Å². The summed E-state index contributed by atoms with van der Waals surface area (Å²) in [6.07, 6.45) is 12.5. The van der Waals surface area contributed by atoms with E-state index in [-0.39, 0.29) is 45.7 Å². The first-order chi connectivity index (χ1) is 17.1. The van der Waals surface area contributed by atoms with Gasteiger partial charge in [0, 0.05) is 16.4 Å². The minimum Gasteiger partial charge on any atom is -0.504 e. The number of fused-ring (bicyclic) bond motifs is 7. The van der Waals surface area contributed by atoms with Crippen molar-refractivity contribution in [2.24, 2.45) is 33.0 Å². The molecule has 3 N–H and O–H groups in total. The highest BCUT2D eigenvalue weighted by Gasteiger charge is 2.67. The van der Waals surface area contributed by atoms with Crippen molar-refractivity contribution in [1.82, 2.24) is 5.32 Å². The molecule has 0 spiro atoms. The topological polar surface area (TPSA) is 104 Å². The van der Waals surface area contributed by atoms with Crippen molar-refractivity contribution in [2.75, 3.05) is 6.54 Å². The first kappa shape index (κ1) is 26.0. The lowest BCUT2D eigenvalue weighted by molar-refractivity contribution is -0.169. The first-order valence-corrected chi connectivity index (χ1v) is 13.7. The number of aliphatic hydroxyl groups is 1. The van der Waals surface area contributed by atoms with Crippen LogP contribution in [0.3, 0.4) is 0 Å². The number of allylic oxidation sites excluding steroid dienone is 7. The maximum atomic E-state index is 13.2. The highest BCUT2D eigenvalue weighted by molar-refractivity contribution is 6.06. The average Bonchev–Trinajstić information content (AvgIpc) is 2.84. The van der Waals surface area contributed by atoms with Crippen LogP contribution in [0, 0.1) is 33.0 Å². The highest BCUT2D eigenvalue weighted by atomic mass is 16.4. The van der Waals surface area contributed by atoms with Crippen LogP contribution in [0.15, 0.2) is 46.3 Å². The molecule has 0 aromatic carbocycles. The van der Waals surface area contributed by atoms with Crippen LogP contribution < -0.4 is 5.32 Å². The molecular formula is C31H41NO5. The molecule has 5 aliphatic carbocycles. The van der Waals surface area contributed by atoms with Gasteiger partial charge in [-0.2, -0.15) is 0 Å². The molecule has 5 aliphatic rings. The lowest BCUT2D eigenvalue weighted by atomic mass is 9.34. The Balaban J connectivity index is 1.56. The van der Waals surface area contributed by atoms with Crippen LogP contribution in [0.4, 0.5) is 0 Å². The predicted molar refractivity (Wildman–Crippen MR) is 142 cm³/mol. The molecule has 0 radical (unpaired) electrons. The second-order valence-corrected chi connectivity index (χ2v) is 13.7. The van der Waals surface area contributed by atoms with Crippen LogP contribution in [0.2, 0.25) is 0 Å². The third kappa shape index (κ3) is 3.39. The number of rotatable bonds is 3. The Labute approximate surface area is 220 Å². The fraction of sp³-hybridized carbons (Fsp3) is 0.645. The lowest BCUT2D eigenvalue weighted by Gasteiger charge is -2.70. The van der Waals surface area contributed by atoms with E-state index in [0.29, 0.717) is 11.5 Å². The molecular weight excluding hydrogens is 466 g/mol. The molecule has 6 atom stereocenters. The zero-order valence-corrected chi connectivity index (χ0v) is 23.1. The van der Waals surface area contributed by atoms with Gasteiger partial charge < -0.3 is 15.5 Å². The van der Waals surface area contributed by atoms with Crippen molar-refractivity contribution in [3.63, 3.8) is 0 Å². The van der Waals surface area contributed by atoms with Crippen molar-refractivity contribution >= 4 is 17.7 Å². The van der Waals surface area contributed by atoms with Gasteiger partial charge in [0.25, 0.3) is 0 Å². The van der Waals surface area contributed by atoms with Gasteiger partial charge in [-0.1, -0.05) is 52.3 Å². The van der Waals surface area contributed by atoms with Gasteiger partial charge in [-0.05, 0) is 91.3 Å². The molecule has 0 bridgehead atoms. The van der Waals surface area contributed by atoms with Gasteiger partial charge in [0.1, 0.15) is 6.54 Å². The number of carbonyl (C=O) groups is 3. The SMILES string of the molecule is CC1=C(O)C(=O)C=C2C1=CC=C1[C@@]2(C)CC[C@@]2(C)[C@@H]3C[C@](C)(C(=O)NCC(=O)O)CCC3(C)CC[C@]12C. The second kappa shape index (κ2) is 7.94. The Morgan fingerprint density at radius 3 is 2.35 bits per heavy atom. The number of ketones is 1. The van der Waals surface area contributed by atoms with E-state index in [4.69, 9.17) is 5.11 Å². The van der Waals surface area contributed by atoms with Crippen LogP contribution in [-0.4, -0.2) is 34.4 Å². The Hall–Kier alpha value is -2.63. The van der Waals surface area contributed by atoms with Gasteiger partial charge in [0.2, 0.25) is 11.7 Å². The molecule has 3 fully saturated rings. The van der Waals surface area contributed by atoms with E-state index in [1.165, 1.54) is 5.57 Å². The van der Waals surface area contributed by atoms with E-state index < -0.39 is 11.4 Å². The van der Waals surface area contributed by atoms with Crippen LogP contribution in [-0.2, 0) is 14.4 Å². The van der Waals surface area contributed by atoms with Crippen molar-refractivity contribution in [3.05, 3.63) is 46.3 Å². The van der Waals surface area contributed by atoms with Gasteiger partial charge in [-0.25, -0.2) is 0 Å². The molecule has 5 rings (SSSR count). The maximum Gasteiger partial charge on any atom is 0.322 e. The smallest absolute Gasteiger partial charge is 0.322 e. The van der Waals surface area contributed by atoms with Crippen LogP contribution in [0.5, 0.6) is 0 Å². The Morgan fingerprint density at radius 2 is 1.68 bits per heavy atom. The van der Waals surface area contributed by atoms with Crippen LogP contribution >= 0.6 is 0 Å². The number of hydrogen-bond donors (Lipinski definition) is 3. The monoisotopic (exact) mass is 507 g/mol. The molecule has 3 saturated carbocycles. The molecule has 0 heterocycles. The van der Waals surface area contributed by atoms with Crippen LogP contribution in [0.25, 0.3) is 0 Å². The van der Waals surface area contributed by atoms with E-state index in [1.807, 2.05) is 13.8 Å². The van der Waals surface area contributed by atoms with Crippen LogP contribution in [0.1, 0.15) is 86.5 Å². The number of carbonyl (C=O) groups excluding carboxylic acids is 2. The van der Waals surface area contributed by atoms with E-state index in [2.05, 4.69) is 45.2 Å². The molecule has 6 heteroatoms. The zero-order valence-electron chi connectivity index (χ0n) is 23.1. The fourth-order valence-electron chi connectivity index (χ4n) is 9.03. The quantitative estimate of drug-likeness (QED) is 0.447. The molecule has 0 aromatic heterocycles. The number of carboxylic acid groups (broad SMARTS) is 1. The Bertz CT molecular complexity index is 1240. The van der Waals surface area contributed by atoms with Gasteiger partial charge >= 0.3 is 5.97 Å². The largest absolute Gasteiger partial charge is 0.504 e. The Kier molecular flexibility index (Phi) is 5.58. The van der Waals surface area contributed by atoms with E-state index in [0.717, 1.165) is 56.1 Å². The van der Waals surface area contributed by atoms with Crippen molar-refractivity contribution in [2.45, 2.75) is 86.5 Å². The Morgan fingerprint density at radius 1 is 1.00 bits per heavy atom. The summed E-state index contributed by atoms with van der Waals surface area (Å²) < 4.78 is 0. The normalized spacial score (nSPS) is 42.8. The van der Waals surface area contributed by atoms with E-state index >= 15 is 0 Å². The molecule has 200 valence electrons. The predicted octanol–water partition coefficient (Wildman–Crippen LogP) is 5.81. The minimum absolute atomic E-state index is 0.0439. The number of aliphatic hydroxyl groups excluding tert-OH is 1. The van der Waals surface area contributed by atoms with E-state index in [1.54, 1.807) is 6.08 Å². The summed E-state index contributed by atoms with van der Waals surface area (Å²) in [6.45, 7) is 13.0. The summed E-state index contributed by atoms with van der Waals surface area (Å²) in [5.41, 5.74) is 3.14. The van der Waals surface area contributed by atoms with Crippen molar-refractivity contribution in [3.8, 4) is 0 Å². The molecule has 37 heavy (non-hydrogen) atoms. The van der Waals surface area contributed by atoms with E-state index in [9.17, 15) is 19.5 Å². The minimum atomic E-state index is -1.02. The molecule has 0 aromatic rings. The third-order valence-corrected chi connectivity index (χ3v) is 11.8. The first-order valence-electron chi connectivity index (χ1n) is 13.7. The number of nitrogens with one attached hydrogen (secondary N) is 1. The summed E-state index contributed by atoms with van der Waals surface area (Å²) in [6, 6.07) is 0. The summed E-state index contributed by atoms with van der Waals surface area (Å²) in [4.78, 5) is 37.0. The molecule has 1 unspecified atom stereocenters. The highest BCUT2D eigenvalue weighted by Crippen LogP contribution is 2.75. The van der Waals surface area contributed by atoms with Crippen molar-refractivity contribution in [1.29, 1.82) is 0 Å². The fourth-order valence-corrected chi connectivity index (χ4v) is 9.03. The zero-order chi connectivity index (χ0) is 27.2.